The molecule has 2 aromatic rings. The second-order valence-corrected chi connectivity index (χ2v) is 7.45. The first-order valence-corrected chi connectivity index (χ1v) is 9.66. The van der Waals surface area contributed by atoms with E-state index in [4.69, 9.17) is 0 Å². The minimum absolute atomic E-state index is 0. The van der Waals surface area contributed by atoms with Gasteiger partial charge in [-0.1, -0.05) is 0 Å². The Labute approximate surface area is 177 Å². The average Bonchev–Trinajstić information content (AvgIpc) is 3.08. The van der Waals surface area contributed by atoms with Gasteiger partial charge in [0.15, 0.2) is 5.96 Å². The summed E-state index contributed by atoms with van der Waals surface area (Å²) in [6.07, 6.45) is 2.99. The molecule has 0 bridgehead atoms. The van der Waals surface area contributed by atoms with Crippen molar-refractivity contribution in [2.45, 2.75) is 53.0 Å². The molecule has 6 nitrogen and oxygen atoms in total. The second kappa shape index (κ2) is 10.9. The Hall–Kier alpha value is -1.16. The normalized spacial score (nSPS) is 12.6. The third-order valence-electron chi connectivity index (χ3n) is 4.30. The van der Waals surface area contributed by atoms with Crippen molar-refractivity contribution in [3.8, 4) is 0 Å². The fraction of sp³-hybridized carbons (Fsp3) is 0.611. The second-order valence-electron chi connectivity index (χ2n) is 6.51. The van der Waals surface area contributed by atoms with Crippen LogP contribution in [-0.2, 0) is 19.9 Å². The van der Waals surface area contributed by atoms with Crippen LogP contribution >= 0.6 is 35.3 Å². The molecule has 2 rings (SSSR count). The molecule has 0 radical (unpaired) electrons. The Balaban J connectivity index is 0.00000338. The van der Waals surface area contributed by atoms with Crippen LogP contribution in [0.15, 0.2) is 10.4 Å². The number of thiazole rings is 1. The summed E-state index contributed by atoms with van der Waals surface area (Å²) in [4.78, 5) is 8.83. The third-order valence-corrected chi connectivity index (χ3v) is 5.33. The van der Waals surface area contributed by atoms with Crippen LogP contribution < -0.4 is 10.6 Å². The van der Waals surface area contributed by atoms with Crippen molar-refractivity contribution in [3.05, 3.63) is 33.0 Å². The monoisotopic (exact) mass is 490 g/mol. The molecule has 0 saturated carbocycles. The highest BCUT2D eigenvalue weighted by molar-refractivity contribution is 14.0. The van der Waals surface area contributed by atoms with E-state index in [0.717, 1.165) is 43.2 Å². The maximum absolute atomic E-state index is 4.50. The van der Waals surface area contributed by atoms with Gasteiger partial charge in [0.1, 0.15) is 0 Å². The van der Waals surface area contributed by atoms with Gasteiger partial charge in [-0.05, 0) is 46.1 Å². The van der Waals surface area contributed by atoms with Crippen molar-refractivity contribution in [1.29, 1.82) is 0 Å². The summed E-state index contributed by atoms with van der Waals surface area (Å²) < 4.78 is 1.95. The molecule has 2 N–H and O–H groups in total. The lowest BCUT2D eigenvalue weighted by molar-refractivity contribution is 0.631. The lowest BCUT2D eigenvalue weighted by atomic mass is 10.1. The molecule has 0 aliphatic carbocycles. The highest BCUT2D eigenvalue weighted by Gasteiger charge is 2.13. The van der Waals surface area contributed by atoms with Crippen LogP contribution in [-0.4, -0.2) is 40.4 Å². The Bertz CT molecular complexity index is 721. The van der Waals surface area contributed by atoms with Gasteiger partial charge in [-0.3, -0.25) is 9.67 Å². The summed E-state index contributed by atoms with van der Waals surface area (Å²) in [5, 5.41) is 14.7. The Morgan fingerprint density at radius 3 is 2.62 bits per heavy atom. The van der Waals surface area contributed by atoms with E-state index in [-0.39, 0.29) is 30.0 Å². The van der Waals surface area contributed by atoms with E-state index in [2.05, 4.69) is 51.9 Å². The molecule has 0 saturated heterocycles. The number of halogens is 1. The van der Waals surface area contributed by atoms with Crippen LogP contribution in [0, 0.1) is 20.8 Å². The Kier molecular flexibility index (Phi) is 9.56. The number of aryl methyl sites for hydroxylation is 4. The van der Waals surface area contributed by atoms with Gasteiger partial charge >= 0.3 is 0 Å². The third kappa shape index (κ3) is 6.53. The van der Waals surface area contributed by atoms with E-state index in [9.17, 15) is 0 Å². The first-order chi connectivity index (χ1) is 11.9. The summed E-state index contributed by atoms with van der Waals surface area (Å²) in [5.74, 6) is 0.849. The fourth-order valence-corrected chi connectivity index (χ4v) is 3.68. The van der Waals surface area contributed by atoms with E-state index in [1.54, 1.807) is 11.3 Å². The lowest BCUT2D eigenvalue weighted by Gasteiger charge is -2.18. The molecule has 146 valence electrons. The molecular weight excluding hydrogens is 459 g/mol. The van der Waals surface area contributed by atoms with Crippen molar-refractivity contribution in [1.82, 2.24) is 25.4 Å². The molecule has 0 aromatic carbocycles. The number of aromatic nitrogens is 3. The number of nitrogens with one attached hydrogen (secondary N) is 2. The van der Waals surface area contributed by atoms with Crippen LogP contribution in [0.2, 0.25) is 0 Å². The molecule has 0 spiro atoms. The first kappa shape index (κ1) is 22.9. The zero-order chi connectivity index (χ0) is 18.4. The molecule has 0 amide bonds. The van der Waals surface area contributed by atoms with Gasteiger partial charge < -0.3 is 10.6 Å². The minimum Gasteiger partial charge on any atom is -0.356 e. The van der Waals surface area contributed by atoms with Crippen LogP contribution in [0.25, 0.3) is 0 Å². The molecule has 2 aromatic heterocycles. The number of guanidine groups is 1. The molecule has 2 heterocycles. The van der Waals surface area contributed by atoms with E-state index in [1.165, 1.54) is 16.3 Å². The van der Waals surface area contributed by atoms with Gasteiger partial charge in [0.05, 0.1) is 10.7 Å². The average molecular weight is 490 g/mol. The predicted octanol–water partition coefficient (Wildman–Crippen LogP) is 3.15. The fourth-order valence-electron chi connectivity index (χ4n) is 2.86. The van der Waals surface area contributed by atoms with Crippen molar-refractivity contribution < 1.29 is 0 Å². The van der Waals surface area contributed by atoms with Gasteiger partial charge in [0.2, 0.25) is 0 Å². The lowest BCUT2D eigenvalue weighted by Crippen LogP contribution is -2.43. The molecule has 0 fully saturated rings. The summed E-state index contributed by atoms with van der Waals surface area (Å²) in [6, 6.07) is 0.286. The molecule has 0 aliphatic heterocycles. The van der Waals surface area contributed by atoms with Gasteiger partial charge in [0, 0.05) is 49.9 Å². The quantitative estimate of drug-likeness (QED) is 0.271. The first-order valence-electron chi connectivity index (χ1n) is 8.78. The van der Waals surface area contributed by atoms with Crippen LogP contribution in [0.3, 0.4) is 0 Å². The number of nitrogens with zero attached hydrogens (tertiary/aromatic N) is 4. The molecule has 8 heteroatoms. The standard InChI is InChI=1S/C18H30N6S.HI/c1-12(10-16-14(3)23-24(6)15(16)4)22-18(19-5)20-9-7-8-17-21-13(2)11-25-17;/h11-12H,7-10H2,1-6H3,(H2,19,20,22);1H. The zero-order valence-electron chi connectivity index (χ0n) is 16.6. The smallest absolute Gasteiger partial charge is 0.191 e. The summed E-state index contributed by atoms with van der Waals surface area (Å²) >= 11 is 1.74. The van der Waals surface area contributed by atoms with E-state index in [0.29, 0.717) is 0 Å². The number of hydrogen-bond acceptors (Lipinski definition) is 4. The van der Waals surface area contributed by atoms with E-state index >= 15 is 0 Å². The molecule has 0 aliphatic rings. The maximum atomic E-state index is 4.50. The van der Waals surface area contributed by atoms with Crippen LogP contribution in [0.4, 0.5) is 0 Å². The zero-order valence-corrected chi connectivity index (χ0v) is 19.7. The van der Waals surface area contributed by atoms with E-state index in [1.807, 2.05) is 25.7 Å². The van der Waals surface area contributed by atoms with Crippen molar-refractivity contribution in [3.63, 3.8) is 0 Å². The molecule has 26 heavy (non-hydrogen) atoms. The maximum Gasteiger partial charge on any atom is 0.191 e. The number of aliphatic imine (C=N–C) groups is 1. The SMILES string of the molecule is CN=C(NCCCc1nc(C)cs1)NC(C)Cc1c(C)nn(C)c1C.I. The Morgan fingerprint density at radius 1 is 1.35 bits per heavy atom. The topological polar surface area (TPSA) is 67.1 Å². The largest absolute Gasteiger partial charge is 0.356 e. The van der Waals surface area contributed by atoms with Gasteiger partial charge in [-0.15, -0.1) is 35.3 Å². The summed E-state index contributed by atoms with van der Waals surface area (Å²) in [5.41, 5.74) is 4.76. The highest BCUT2D eigenvalue weighted by Crippen LogP contribution is 2.14. The molecule has 1 unspecified atom stereocenters. The van der Waals surface area contributed by atoms with Crippen molar-refractivity contribution in [2.24, 2.45) is 12.0 Å². The predicted molar refractivity (Wildman–Crippen MR) is 121 cm³/mol. The molecular formula is C18H31IN6S. The Morgan fingerprint density at radius 2 is 2.08 bits per heavy atom. The summed E-state index contributed by atoms with van der Waals surface area (Å²) in [6.45, 7) is 9.29. The van der Waals surface area contributed by atoms with Gasteiger partial charge in [-0.25, -0.2) is 4.98 Å². The number of hydrogen-bond donors (Lipinski definition) is 2. The summed E-state index contributed by atoms with van der Waals surface area (Å²) in [7, 11) is 3.81. The van der Waals surface area contributed by atoms with Crippen LogP contribution in [0.1, 0.15) is 41.0 Å². The van der Waals surface area contributed by atoms with Gasteiger partial charge in [-0.2, -0.15) is 5.10 Å². The minimum atomic E-state index is 0. The van der Waals surface area contributed by atoms with Crippen molar-refractivity contribution in [2.75, 3.05) is 13.6 Å². The van der Waals surface area contributed by atoms with Crippen molar-refractivity contribution >= 4 is 41.3 Å². The highest BCUT2D eigenvalue weighted by atomic mass is 127. The molecule has 1 atom stereocenters. The van der Waals surface area contributed by atoms with E-state index < -0.39 is 0 Å². The van der Waals surface area contributed by atoms with Gasteiger partial charge in [0.25, 0.3) is 0 Å². The van der Waals surface area contributed by atoms with Crippen LogP contribution in [0.5, 0.6) is 0 Å². The number of rotatable bonds is 7.